The second kappa shape index (κ2) is 5.17. The highest BCUT2D eigenvalue weighted by atomic mass is 79.9. The molecule has 1 N–H and O–H groups in total. The molecule has 118 valence electrons. The summed E-state index contributed by atoms with van der Waals surface area (Å²) in [7, 11) is 0. The van der Waals surface area contributed by atoms with Gasteiger partial charge in [-0.15, -0.1) is 0 Å². The molecule has 3 aliphatic rings. The Bertz CT molecular complexity index is 487. The van der Waals surface area contributed by atoms with E-state index in [1.165, 1.54) is 5.57 Å². The fourth-order valence-corrected chi connectivity index (χ4v) is 4.04. The highest BCUT2D eigenvalue weighted by molar-refractivity contribution is 9.11. The summed E-state index contributed by atoms with van der Waals surface area (Å²) in [5, 5.41) is 10.4. The van der Waals surface area contributed by atoms with Crippen molar-refractivity contribution in [2.45, 2.75) is 76.3 Å². The van der Waals surface area contributed by atoms with E-state index in [9.17, 15) is 5.11 Å². The normalized spacial score (nSPS) is 48.6. The molecule has 5 heteroatoms. The predicted molar refractivity (Wildman–Crippen MR) is 83.1 cm³/mol. The van der Waals surface area contributed by atoms with Gasteiger partial charge in [0.25, 0.3) is 0 Å². The summed E-state index contributed by atoms with van der Waals surface area (Å²) < 4.78 is 19.0. The minimum atomic E-state index is -0.911. The summed E-state index contributed by atoms with van der Waals surface area (Å²) in [6.45, 7) is 8.18. The van der Waals surface area contributed by atoms with Crippen LogP contribution in [0.2, 0.25) is 0 Å². The van der Waals surface area contributed by atoms with Crippen LogP contribution in [0.25, 0.3) is 0 Å². The van der Waals surface area contributed by atoms with Gasteiger partial charge in [0.05, 0.1) is 16.7 Å². The number of epoxide rings is 1. The van der Waals surface area contributed by atoms with E-state index in [1.54, 1.807) is 6.08 Å². The monoisotopic (exact) mass is 358 g/mol. The Hall–Kier alpha value is -0.200. The van der Waals surface area contributed by atoms with Crippen LogP contribution >= 0.6 is 15.9 Å². The first-order chi connectivity index (χ1) is 9.80. The van der Waals surface area contributed by atoms with Crippen molar-refractivity contribution < 1.29 is 19.3 Å². The standard InChI is InChI=1S/C16H23BrO4/c1-9(2)5-6-15-13(18)8-12(17)16(14(15)21-15)19-10(3)7-11(4)20-16/h5,8,10-11,13-14,18H,6-7H2,1-4H3/t10-,11-,13-,14+,15+/m1/s1. The molecule has 1 spiro atoms. The number of halogens is 1. The maximum atomic E-state index is 10.4. The zero-order valence-electron chi connectivity index (χ0n) is 12.9. The molecule has 1 aliphatic carbocycles. The number of hydrogen-bond acceptors (Lipinski definition) is 4. The van der Waals surface area contributed by atoms with Gasteiger partial charge in [0.1, 0.15) is 17.8 Å². The SMILES string of the molecule is CC(C)=CC[C@@]12O[C@@H]1C1(O[C@H](C)C[C@@H](C)O1)C(Br)=C[C@H]2O. The third-order valence-corrected chi connectivity index (χ3v) is 5.27. The summed E-state index contributed by atoms with van der Waals surface area (Å²) in [5.74, 6) is -0.911. The smallest absolute Gasteiger partial charge is 0.232 e. The van der Waals surface area contributed by atoms with Crippen molar-refractivity contribution in [3.8, 4) is 0 Å². The Kier molecular flexibility index (Phi) is 3.86. The maximum absolute atomic E-state index is 10.4. The molecule has 0 aromatic heterocycles. The van der Waals surface area contributed by atoms with Crippen molar-refractivity contribution in [1.29, 1.82) is 0 Å². The zero-order chi connectivity index (χ0) is 15.4. The predicted octanol–water partition coefficient (Wildman–Crippen LogP) is 3.04. The van der Waals surface area contributed by atoms with Crippen LogP contribution in [-0.4, -0.2) is 40.9 Å². The summed E-state index contributed by atoms with van der Waals surface area (Å²) in [6, 6.07) is 0. The van der Waals surface area contributed by atoms with Gasteiger partial charge in [0, 0.05) is 6.42 Å². The number of ether oxygens (including phenoxy) is 3. The minimum Gasteiger partial charge on any atom is -0.386 e. The van der Waals surface area contributed by atoms with E-state index in [-0.39, 0.29) is 18.3 Å². The third-order valence-electron chi connectivity index (χ3n) is 4.45. The van der Waals surface area contributed by atoms with E-state index in [2.05, 4.69) is 22.0 Å². The molecule has 2 saturated heterocycles. The van der Waals surface area contributed by atoms with Crippen molar-refractivity contribution in [3.63, 3.8) is 0 Å². The van der Waals surface area contributed by atoms with Gasteiger partial charge in [-0.05, 0) is 56.1 Å². The molecule has 0 saturated carbocycles. The molecule has 2 fully saturated rings. The van der Waals surface area contributed by atoms with Crippen LogP contribution in [0.3, 0.4) is 0 Å². The van der Waals surface area contributed by atoms with Crippen molar-refractivity contribution in [3.05, 3.63) is 22.2 Å². The van der Waals surface area contributed by atoms with Crippen LogP contribution in [0.15, 0.2) is 22.2 Å². The van der Waals surface area contributed by atoms with Gasteiger partial charge in [-0.25, -0.2) is 0 Å². The second-order valence-electron chi connectivity index (χ2n) is 6.66. The molecular weight excluding hydrogens is 336 g/mol. The second-order valence-corrected chi connectivity index (χ2v) is 7.51. The lowest BCUT2D eigenvalue weighted by Crippen LogP contribution is -2.56. The van der Waals surface area contributed by atoms with Crippen molar-refractivity contribution >= 4 is 15.9 Å². The van der Waals surface area contributed by atoms with E-state index in [4.69, 9.17) is 14.2 Å². The van der Waals surface area contributed by atoms with Crippen LogP contribution in [0.5, 0.6) is 0 Å². The minimum absolute atomic E-state index is 0.0929. The number of allylic oxidation sites excluding steroid dienone is 1. The average molecular weight is 359 g/mol. The number of aliphatic hydroxyl groups is 1. The van der Waals surface area contributed by atoms with Crippen LogP contribution in [0, 0.1) is 0 Å². The summed E-state index contributed by atoms with van der Waals surface area (Å²) in [4.78, 5) is 0. The van der Waals surface area contributed by atoms with E-state index in [1.807, 2.05) is 27.7 Å². The van der Waals surface area contributed by atoms with E-state index >= 15 is 0 Å². The molecule has 0 bridgehead atoms. The lowest BCUT2D eigenvalue weighted by atomic mass is 9.84. The quantitative estimate of drug-likeness (QED) is 0.608. The Balaban J connectivity index is 1.93. The molecule has 3 rings (SSSR count). The molecule has 5 atom stereocenters. The molecule has 0 radical (unpaired) electrons. The molecule has 4 nitrogen and oxygen atoms in total. The first-order valence-electron chi connectivity index (χ1n) is 7.53. The molecule has 0 amide bonds. The van der Waals surface area contributed by atoms with Gasteiger partial charge in [-0.1, -0.05) is 11.6 Å². The number of hydrogen-bond donors (Lipinski definition) is 1. The van der Waals surface area contributed by atoms with E-state index in [0.717, 1.165) is 10.9 Å². The van der Waals surface area contributed by atoms with Crippen molar-refractivity contribution in [2.24, 2.45) is 0 Å². The summed E-state index contributed by atoms with van der Waals surface area (Å²) in [5.41, 5.74) is 0.589. The molecule has 0 aromatic carbocycles. The Labute approximate surface area is 134 Å². The zero-order valence-corrected chi connectivity index (χ0v) is 14.5. The molecule has 2 heterocycles. The number of rotatable bonds is 2. The van der Waals surface area contributed by atoms with Gasteiger partial charge >= 0.3 is 0 Å². The lowest BCUT2D eigenvalue weighted by molar-refractivity contribution is -0.296. The molecule has 2 aliphatic heterocycles. The maximum Gasteiger partial charge on any atom is 0.232 e. The Morgan fingerprint density at radius 2 is 1.95 bits per heavy atom. The van der Waals surface area contributed by atoms with Gasteiger partial charge in [0.15, 0.2) is 0 Å². The van der Waals surface area contributed by atoms with Gasteiger partial charge < -0.3 is 19.3 Å². The molecule has 0 aromatic rings. The van der Waals surface area contributed by atoms with E-state index < -0.39 is 17.5 Å². The first-order valence-corrected chi connectivity index (χ1v) is 8.32. The largest absolute Gasteiger partial charge is 0.386 e. The Morgan fingerprint density at radius 3 is 2.52 bits per heavy atom. The van der Waals surface area contributed by atoms with Crippen LogP contribution in [0.1, 0.15) is 40.5 Å². The Morgan fingerprint density at radius 1 is 1.33 bits per heavy atom. The fraction of sp³-hybridized carbons (Fsp3) is 0.750. The third kappa shape index (κ3) is 2.43. The van der Waals surface area contributed by atoms with Crippen LogP contribution < -0.4 is 0 Å². The highest BCUT2D eigenvalue weighted by Gasteiger charge is 2.74. The molecule has 21 heavy (non-hydrogen) atoms. The molecule has 0 unspecified atom stereocenters. The molecular formula is C16H23BrO4. The first kappa shape index (κ1) is 15.7. The fourth-order valence-electron chi connectivity index (χ4n) is 3.40. The van der Waals surface area contributed by atoms with Gasteiger partial charge in [-0.3, -0.25) is 0 Å². The summed E-state index contributed by atoms with van der Waals surface area (Å²) >= 11 is 3.53. The van der Waals surface area contributed by atoms with E-state index in [0.29, 0.717) is 6.42 Å². The lowest BCUT2D eigenvalue weighted by Gasteiger charge is -2.44. The van der Waals surface area contributed by atoms with Gasteiger partial charge in [0.2, 0.25) is 5.79 Å². The van der Waals surface area contributed by atoms with Crippen LogP contribution in [-0.2, 0) is 14.2 Å². The van der Waals surface area contributed by atoms with Crippen molar-refractivity contribution in [1.82, 2.24) is 0 Å². The van der Waals surface area contributed by atoms with Crippen LogP contribution in [0.4, 0.5) is 0 Å². The summed E-state index contributed by atoms with van der Waals surface area (Å²) in [6.07, 6.45) is 4.63. The van der Waals surface area contributed by atoms with Crippen molar-refractivity contribution in [2.75, 3.05) is 0 Å². The number of fused-ring (bicyclic) bond motifs is 2. The topological polar surface area (TPSA) is 51.2 Å². The average Bonchev–Trinajstić information content (AvgIpc) is 3.10. The van der Waals surface area contributed by atoms with Gasteiger partial charge in [-0.2, -0.15) is 0 Å². The number of aliphatic hydroxyl groups excluding tert-OH is 1. The highest BCUT2D eigenvalue weighted by Crippen LogP contribution is 2.59.